The van der Waals surface area contributed by atoms with E-state index < -0.39 is 0 Å². The van der Waals surface area contributed by atoms with Gasteiger partial charge in [0.25, 0.3) is 0 Å². The lowest BCUT2D eigenvalue weighted by molar-refractivity contribution is 0.0790. The number of anilines is 1. The maximum Gasteiger partial charge on any atom is 0.0700 e. The van der Waals surface area contributed by atoms with Gasteiger partial charge in [0.05, 0.1) is 30.5 Å². The fourth-order valence-corrected chi connectivity index (χ4v) is 2.11. The van der Waals surface area contributed by atoms with E-state index in [0.717, 1.165) is 10.6 Å². The quantitative estimate of drug-likeness (QED) is 0.466. The zero-order valence-electron chi connectivity index (χ0n) is 9.24. The molecule has 0 saturated carbocycles. The number of halogens is 1. The zero-order chi connectivity index (χ0) is 11.8. The maximum absolute atomic E-state index is 5.91. The number of hydrogen-bond acceptors (Lipinski definition) is 4. The third-order valence-corrected chi connectivity index (χ3v) is 3.19. The van der Waals surface area contributed by atoms with Crippen molar-refractivity contribution < 1.29 is 9.47 Å². The van der Waals surface area contributed by atoms with Crippen LogP contribution < -0.4 is 5.73 Å². The van der Waals surface area contributed by atoms with Crippen molar-refractivity contribution in [2.45, 2.75) is 4.90 Å². The maximum atomic E-state index is 5.91. The van der Waals surface area contributed by atoms with Crippen molar-refractivity contribution in [3.8, 4) is 0 Å². The van der Waals surface area contributed by atoms with Crippen LogP contribution in [0.4, 0.5) is 5.69 Å². The predicted molar refractivity (Wildman–Crippen MR) is 69.3 cm³/mol. The molecule has 2 N–H and O–H groups in total. The average molecular weight is 262 g/mol. The van der Waals surface area contributed by atoms with Gasteiger partial charge >= 0.3 is 0 Å². The highest BCUT2D eigenvalue weighted by molar-refractivity contribution is 7.99. The topological polar surface area (TPSA) is 44.5 Å². The summed E-state index contributed by atoms with van der Waals surface area (Å²) in [5.41, 5.74) is 6.23. The van der Waals surface area contributed by atoms with Crippen molar-refractivity contribution in [2.75, 3.05) is 38.4 Å². The number of hydrogen-bond donors (Lipinski definition) is 1. The van der Waals surface area contributed by atoms with E-state index >= 15 is 0 Å². The molecule has 0 saturated heterocycles. The van der Waals surface area contributed by atoms with Crippen LogP contribution in [-0.2, 0) is 9.47 Å². The van der Waals surface area contributed by atoms with Crippen LogP contribution in [0.2, 0.25) is 5.02 Å². The summed E-state index contributed by atoms with van der Waals surface area (Å²) >= 11 is 7.60. The fourth-order valence-electron chi connectivity index (χ4n) is 1.06. The monoisotopic (exact) mass is 261 g/mol. The van der Waals surface area contributed by atoms with E-state index in [1.54, 1.807) is 18.9 Å². The highest BCUT2D eigenvalue weighted by Crippen LogP contribution is 2.26. The second kappa shape index (κ2) is 7.79. The Hall–Kier alpha value is -0.420. The van der Waals surface area contributed by atoms with Gasteiger partial charge in [-0.15, -0.1) is 11.8 Å². The van der Waals surface area contributed by atoms with Crippen LogP contribution in [0.3, 0.4) is 0 Å². The Labute approximate surface area is 105 Å². The predicted octanol–water partition coefficient (Wildman–Crippen LogP) is 2.68. The van der Waals surface area contributed by atoms with Crippen LogP contribution >= 0.6 is 23.4 Å². The molecule has 0 radical (unpaired) electrons. The van der Waals surface area contributed by atoms with Crippen molar-refractivity contribution in [3.05, 3.63) is 23.2 Å². The molecule has 5 heteroatoms. The number of thioether (sulfide) groups is 1. The lowest BCUT2D eigenvalue weighted by Gasteiger charge is -2.05. The molecule has 0 aliphatic rings. The molecule has 0 atom stereocenters. The number of ether oxygens (including phenoxy) is 2. The van der Waals surface area contributed by atoms with Crippen LogP contribution in [0.15, 0.2) is 23.1 Å². The molecule has 16 heavy (non-hydrogen) atoms. The molecule has 0 aliphatic heterocycles. The molecule has 0 heterocycles. The molecule has 1 rings (SSSR count). The van der Waals surface area contributed by atoms with Crippen LogP contribution in [-0.4, -0.2) is 32.7 Å². The van der Waals surface area contributed by atoms with Gasteiger partial charge in [0, 0.05) is 17.8 Å². The molecule has 1 aromatic carbocycles. The molecule has 0 aromatic heterocycles. The van der Waals surface area contributed by atoms with Crippen LogP contribution in [0.5, 0.6) is 0 Å². The van der Waals surface area contributed by atoms with Gasteiger partial charge in [-0.3, -0.25) is 0 Å². The summed E-state index contributed by atoms with van der Waals surface area (Å²) in [5, 5.41) is 0.602. The minimum absolute atomic E-state index is 0.602. The highest BCUT2D eigenvalue weighted by atomic mass is 35.5. The van der Waals surface area contributed by atoms with Crippen molar-refractivity contribution in [2.24, 2.45) is 0 Å². The molecule has 1 aromatic rings. The minimum atomic E-state index is 0.602. The van der Waals surface area contributed by atoms with Gasteiger partial charge in [0.1, 0.15) is 0 Å². The molecule has 0 unspecified atom stereocenters. The third-order valence-electron chi connectivity index (χ3n) is 1.90. The van der Waals surface area contributed by atoms with Crippen molar-refractivity contribution in [3.63, 3.8) is 0 Å². The fraction of sp³-hybridized carbons (Fsp3) is 0.455. The SMILES string of the molecule is COCCOCCSc1ccc(N)c(Cl)c1. The van der Waals surface area contributed by atoms with E-state index in [-0.39, 0.29) is 0 Å². The Balaban J connectivity index is 2.19. The molecule has 90 valence electrons. The number of rotatable bonds is 7. The smallest absolute Gasteiger partial charge is 0.0700 e. The van der Waals surface area contributed by atoms with Crippen LogP contribution in [0.25, 0.3) is 0 Å². The summed E-state index contributed by atoms with van der Waals surface area (Å²) in [6.45, 7) is 1.98. The summed E-state index contributed by atoms with van der Waals surface area (Å²) in [6, 6.07) is 5.65. The van der Waals surface area contributed by atoms with Gasteiger partial charge in [-0.05, 0) is 18.2 Å². The van der Waals surface area contributed by atoms with Gasteiger partial charge < -0.3 is 15.2 Å². The highest BCUT2D eigenvalue weighted by Gasteiger charge is 1.99. The van der Waals surface area contributed by atoms with Gasteiger partial charge in [0.15, 0.2) is 0 Å². The molecule has 3 nitrogen and oxygen atoms in total. The molecular formula is C11H16ClNO2S. The summed E-state index contributed by atoms with van der Waals surface area (Å²) in [7, 11) is 1.66. The lowest BCUT2D eigenvalue weighted by Crippen LogP contribution is -2.04. The molecule has 0 spiro atoms. The largest absolute Gasteiger partial charge is 0.398 e. The van der Waals surface area contributed by atoms with Gasteiger partial charge in [-0.1, -0.05) is 11.6 Å². The Morgan fingerprint density at radius 1 is 1.31 bits per heavy atom. The summed E-state index contributed by atoms with van der Waals surface area (Å²) in [4.78, 5) is 1.11. The Morgan fingerprint density at radius 2 is 2.12 bits per heavy atom. The number of methoxy groups -OCH3 is 1. The van der Waals surface area contributed by atoms with Crippen LogP contribution in [0, 0.1) is 0 Å². The average Bonchev–Trinajstić information content (AvgIpc) is 2.28. The molecule has 0 bridgehead atoms. The van der Waals surface area contributed by atoms with E-state index in [2.05, 4.69) is 0 Å². The summed E-state index contributed by atoms with van der Waals surface area (Å²) in [6.07, 6.45) is 0. The Bertz CT molecular complexity index is 323. The molecular weight excluding hydrogens is 246 g/mol. The van der Waals surface area contributed by atoms with Crippen molar-refractivity contribution >= 4 is 29.1 Å². The van der Waals surface area contributed by atoms with Crippen molar-refractivity contribution in [1.82, 2.24) is 0 Å². The minimum Gasteiger partial charge on any atom is -0.398 e. The lowest BCUT2D eigenvalue weighted by atomic mass is 10.3. The number of nitrogens with two attached hydrogens (primary N) is 1. The molecule has 0 fully saturated rings. The van der Waals surface area contributed by atoms with E-state index in [1.807, 2.05) is 18.2 Å². The van der Waals surface area contributed by atoms with Gasteiger partial charge in [-0.2, -0.15) is 0 Å². The number of nitrogen functional groups attached to an aromatic ring is 1. The summed E-state index contributed by atoms with van der Waals surface area (Å²) in [5.74, 6) is 0.893. The molecule has 0 amide bonds. The normalized spacial score (nSPS) is 10.6. The first-order valence-corrected chi connectivity index (χ1v) is 6.35. The van der Waals surface area contributed by atoms with Crippen LogP contribution in [0.1, 0.15) is 0 Å². The third kappa shape index (κ3) is 5.07. The van der Waals surface area contributed by atoms with Gasteiger partial charge in [-0.25, -0.2) is 0 Å². The first-order valence-electron chi connectivity index (χ1n) is 4.98. The van der Waals surface area contributed by atoms with E-state index in [1.165, 1.54) is 0 Å². The Morgan fingerprint density at radius 3 is 2.81 bits per heavy atom. The molecule has 0 aliphatic carbocycles. The number of benzene rings is 1. The second-order valence-electron chi connectivity index (χ2n) is 3.14. The first kappa shape index (κ1) is 13.6. The zero-order valence-corrected chi connectivity index (χ0v) is 10.8. The van der Waals surface area contributed by atoms with E-state index in [0.29, 0.717) is 30.5 Å². The Kier molecular flexibility index (Phi) is 6.64. The summed E-state index contributed by atoms with van der Waals surface area (Å²) < 4.78 is 10.2. The van der Waals surface area contributed by atoms with Crippen molar-refractivity contribution in [1.29, 1.82) is 0 Å². The second-order valence-corrected chi connectivity index (χ2v) is 4.71. The van der Waals surface area contributed by atoms with E-state index in [4.69, 9.17) is 26.8 Å². The van der Waals surface area contributed by atoms with E-state index in [9.17, 15) is 0 Å². The van der Waals surface area contributed by atoms with Gasteiger partial charge in [0.2, 0.25) is 0 Å². The standard InChI is InChI=1S/C11H16ClNO2S/c1-14-4-5-15-6-7-16-9-2-3-11(13)10(12)8-9/h2-3,8H,4-7,13H2,1H3. The first-order chi connectivity index (χ1) is 7.74.